The van der Waals surface area contributed by atoms with Gasteiger partial charge in [-0.05, 0) is 24.7 Å². The van der Waals surface area contributed by atoms with E-state index >= 15 is 0 Å². The zero-order valence-corrected chi connectivity index (χ0v) is 21.2. The molecule has 0 aliphatic carbocycles. The van der Waals surface area contributed by atoms with Gasteiger partial charge in [-0.3, -0.25) is 14.4 Å². The fourth-order valence-electron chi connectivity index (χ4n) is 3.06. The molecule has 0 radical (unpaired) electrons. The van der Waals surface area contributed by atoms with Gasteiger partial charge in [0, 0.05) is 25.6 Å². The first-order valence-electron chi connectivity index (χ1n) is 10.4. The Balaban J connectivity index is 0.000000801. The second-order valence-corrected chi connectivity index (χ2v) is 10.8. The first-order chi connectivity index (χ1) is 15.2. The number of rotatable bonds is 10. The Kier molecular flexibility index (Phi) is 11.1. The van der Waals surface area contributed by atoms with E-state index < -0.39 is 39.8 Å². The smallest absolute Gasteiger partial charge is 0.421 e. The van der Waals surface area contributed by atoms with Crippen LogP contribution in [0.4, 0.5) is 4.79 Å². The molecule has 0 aromatic carbocycles. The molecule has 0 aromatic heterocycles. The van der Waals surface area contributed by atoms with Crippen LogP contribution in [0.25, 0.3) is 0 Å². The maximum atomic E-state index is 12.4. The van der Waals surface area contributed by atoms with E-state index in [0.717, 1.165) is 16.8 Å². The summed E-state index contributed by atoms with van der Waals surface area (Å²) in [5, 5.41) is 0.738. The summed E-state index contributed by atoms with van der Waals surface area (Å²) in [6.07, 6.45) is 1.79. The maximum Gasteiger partial charge on any atom is 0.421 e. The summed E-state index contributed by atoms with van der Waals surface area (Å²) in [5.41, 5.74) is 4.77. The number of amides is 3. The minimum absolute atomic E-state index is 0.00870. The van der Waals surface area contributed by atoms with E-state index in [0.29, 0.717) is 31.4 Å². The van der Waals surface area contributed by atoms with Crippen LogP contribution in [-0.4, -0.2) is 79.5 Å². The van der Waals surface area contributed by atoms with Gasteiger partial charge in [0.2, 0.25) is 5.91 Å². The van der Waals surface area contributed by atoms with Gasteiger partial charge in [-0.15, -0.1) is 4.28 Å². The maximum absolute atomic E-state index is 12.4. The lowest BCUT2D eigenvalue weighted by atomic mass is 9.92. The topological polar surface area (TPSA) is 163 Å². The van der Waals surface area contributed by atoms with E-state index in [9.17, 15) is 27.6 Å². The molecule has 2 fully saturated rings. The van der Waals surface area contributed by atoms with Crippen molar-refractivity contribution >= 4 is 45.2 Å². The van der Waals surface area contributed by atoms with Crippen molar-refractivity contribution in [3.05, 3.63) is 0 Å². The molecule has 2 atom stereocenters. The van der Waals surface area contributed by atoms with Crippen LogP contribution < -0.4 is 5.73 Å². The number of nitrogens with zero attached hydrogens (tertiary/aromatic N) is 2. The van der Waals surface area contributed by atoms with Crippen molar-refractivity contribution in [2.45, 2.75) is 65.5 Å². The first-order valence-corrected chi connectivity index (χ1v) is 12.7. The molecule has 0 aromatic rings. The van der Waals surface area contributed by atoms with Gasteiger partial charge in [0.1, 0.15) is 6.04 Å². The number of carbonyl (C=O) groups excluding carboxylic acids is 4. The number of hydrogen-bond acceptors (Lipinski definition) is 10. The van der Waals surface area contributed by atoms with Crippen molar-refractivity contribution in [2.24, 2.45) is 11.1 Å². The minimum Gasteiger partial charge on any atom is -0.469 e. The van der Waals surface area contributed by atoms with Crippen LogP contribution >= 0.6 is 11.8 Å². The lowest BCUT2D eigenvalue weighted by Crippen LogP contribution is -2.47. The summed E-state index contributed by atoms with van der Waals surface area (Å²) in [5.74, 6) is -0.245. The lowest BCUT2D eigenvalue weighted by molar-refractivity contribution is -0.140. The van der Waals surface area contributed by atoms with Gasteiger partial charge in [-0.2, -0.15) is 13.5 Å². The van der Waals surface area contributed by atoms with Crippen molar-refractivity contribution in [3.8, 4) is 0 Å². The molecule has 0 unspecified atom stereocenters. The summed E-state index contributed by atoms with van der Waals surface area (Å²) in [6, 6.07) is -1.96. The Labute approximate surface area is 198 Å². The van der Waals surface area contributed by atoms with Crippen LogP contribution in [0.15, 0.2) is 0 Å². The van der Waals surface area contributed by atoms with E-state index in [1.807, 2.05) is 0 Å². The van der Waals surface area contributed by atoms with E-state index in [-0.39, 0.29) is 24.2 Å². The molecule has 0 saturated carbocycles. The van der Waals surface area contributed by atoms with Gasteiger partial charge in [0.25, 0.3) is 0 Å². The third-order valence-electron chi connectivity index (χ3n) is 5.02. The average molecular weight is 512 g/mol. The predicted octanol–water partition coefficient (Wildman–Crippen LogP) is 1.20. The Morgan fingerprint density at radius 2 is 1.88 bits per heavy atom. The number of methoxy groups -OCH3 is 1. The highest BCUT2D eigenvalue weighted by molar-refractivity contribution is 8.13. The molecule has 3 amide bonds. The van der Waals surface area contributed by atoms with Crippen molar-refractivity contribution in [1.29, 1.82) is 0 Å². The number of urea groups is 1. The van der Waals surface area contributed by atoms with Gasteiger partial charge >= 0.3 is 22.4 Å². The summed E-state index contributed by atoms with van der Waals surface area (Å²) >= 11 is 1.16. The standard InChI is InChI=1S/C15H25N3O7S2.C4H8O2/c1-10(19)26-7-6-15(2,3)9-24-27(22,23)25-18-11-4-5-12(13(16)20)17(8-11)14(18)21;1-3-4(5)6-2/h11-12H,4-9H2,1-3H3,(H2,16,20);3H2,1-2H3/t11-,12+;/m1./s1. The molecule has 0 spiro atoms. The number of fused-ring (bicyclic) bond motifs is 2. The number of hydrogen-bond donors (Lipinski definition) is 1. The zero-order valence-electron chi connectivity index (χ0n) is 19.6. The number of hydroxylamine groups is 2. The van der Waals surface area contributed by atoms with Crippen LogP contribution in [-0.2, 0) is 38.0 Å². The highest BCUT2D eigenvalue weighted by Crippen LogP contribution is 2.31. The summed E-state index contributed by atoms with van der Waals surface area (Å²) < 4.78 is 38.4. The van der Waals surface area contributed by atoms with Gasteiger partial charge in [0.15, 0.2) is 5.12 Å². The lowest BCUT2D eigenvalue weighted by Gasteiger charge is -2.27. The second-order valence-electron chi connectivity index (χ2n) is 8.34. The highest BCUT2D eigenvalue weighted by atomic mass is 32.3. The summed E-state index contributed by atoms with van der Waals surface area (Å²) in [6.45, 7) is 6.85. The fraction of sp³-hybridized carbons (Fsp3) is 0.789. The predicted molar refractivity (Wildman–Crippen MR) is 120 cm³/mol. The number of primary amides is 1. The van der Waals surface area contributed by atoms with Crippen molar-refractivity contribution in [3.63, 3.8) is 0 Å². The van der Waals surface area contributed by atoms with Crippen LogP contribution in [0.2, 0.25) is 0 Å². The van der Waals surface area contributed by atoms with Crippen molar-refractivity contribution < 1.29 is 40.8 Å². The van der Waals surface area contributed by atoms with Gasteiger partial charge < -0.3 is 15.4 Å². The normalized spacial score (nSPS) is 20.2. The van der Waals surface area contributed by atoms with Gasteiger partial charge in [-0.1, -0.05) is 32.5 Å². The fourth-order valence-corrected chi connectivity index (χ4v) is 4.90. The van der Waals surface area contributed by atoms with E-state index in [1.165, 1.54) is 18.9 Å². The third-order valence-corrected chi connectivity index (χ3v) is 6.58. The largest absolute Gasteiger partial charge is 0.469 e. The molecule has 190 valence electrons. The number of nitrogens with two attached hydrogens (primary N) is 1. The summed E-state index contributed by atoms with van der Waals surface area (Å²) in [4.78, 5) is 45.9. The van der Waals surface area contributed by atoms with Crippen LogP contribution in [0, 0.1) is 5.41 Å². The van der Waals surface area contributed by atoms with Crippen molar-refractivity contribution in [1.82, 2.24) is 9.96 Å². The molecule has 33 heavy (non-hydrogen) atoms. The quantitative estimate of drug-likeness (QED) is 0.422. The van der Waals surface area contributed by atoms with E-state index in [2.05, 4.69) is 4.74 Å². The molecule has 2 bridgehead atoms. The number of ether oxygens (including phenoxy) is 1. The first kappa shape index (κ1) is 29.1. The average Bonchev–Trinajstić information content (AvgIpc) is 2.96. The Bertz CT molecular complexity index is 826. The summed E-state index contributed by atoms with van der Waals surface area (Å²) in [7, 11) is -3.08. The third kappa shape index (κ3) is 9.47. The van der Waals surface area contributed by atoms with E-state index in [4.69, 9.17) is 14.2 Å². The Morgan fingerprint density at radius 1 is 1.24 bits per heavy atom. The molecule has 12 nitrogen and oxygen atoms in total. The molecule has 14 heteroatoms. The monoisotopic (exact) mass is 511 g/mol. The molecule has 2 rings (SSSR count). The molecule has 2 heterocycles. The molecular weight excluding hydrogens is 478 g/mol. The second kappa shape index (κ2) is 12.5. The molecule has 2 aliphatic heterocycles. The number of thioether (sulfide) groups is 1. The van der Waals surface area contributed by atoms with Gasteiger partial charge in [-0.25, -0.2) is 8.98 Å². The van der Waals surface area contributed by atoms with Crippen LogP contribution in [0.5, 0.6) is 0 Å². The SMILES string of the molecule is CC(=O)SCCC(C)(C)COS(=O)(=O)ON1C(=O)N2C[C@H]1CC[C@H]2C(N)=O.CCC(=O)OC. The molecule has 2 saturated heterocycles. The number of carbonyl (C=O) groups is 4. The Morgan fingerprint density at radius 3 is 2.36 bits per heavy atom. The van der Waals surface area contributed by atoms with Crippen molar-refractivity contribution in [2.75, 3.05) is 26.0 Å². The van der Waals surface area contributed by atoms with E-state index in [1.54, 1.807) is 20.8 Å². The number of esters is 1. The Hall–Kier alpha value is -1.90. The molecular formula is C19H33N3O9S2. The molecule has 2 aliphatic rings. The van der Waals surface area contributed by atoms with Gasteiger partial charge in [0.05, 0.1) is 19.8 Å². The highest BCUT2D eigenvalue weighted by Gasteiger charge is 2.49. The molecule has 2 N–H and O–H groups in total. The number of piperidine rings is 1. The minimum atomic E-state index is -4.46. The zero-order chi connectivity index (χ0) is 25.4. The van der Waals surface area contributed by atoms with Crippen LogP contribution in [0.3, 0.4) is 0 Å². The van der Waals surface area contributed by atoms with Crippen LogP contribution in [0.1, 0.15) is 53.4 Å².